The van der Waals surface area contributed by atoms with Gasteiger partial charge in [-0.05, 0) is 25.0 Å². The summed E-state index contributed by atoms with van der Waals surface area (Å²) in [7, 11) is 0. The number of rotatable bonds is 6. The summed E-state index contributed by atoms with van der Waals surface area (Å²) < 4.78 is 0. The predicted molar refractivity (Wildman–Crippen MR) is 86.4 cm³/mol. The Morgan fingerprint density at radius 3 is 3.15 bits per heavy atom. The minimum atomic E-state index is -0.449. The van der Waals surface area contributed by atoms with Crippen molar-refractivity contribution in [2.45, 2.75) is 32.4 Å². The van der Waals surface area contributed by atoms with Crippen LogP contribution < -0.4 is 11.1 Å². The SMILES string of the molecule is CCN1CCc2nc(NC(=O)C(N)CCSC)sc2C1. The molecule has 0 aromatic carbocycles. The molecule has 20 heavy (non-hydrogen) atoms. The van der Waals surface area contributed by atoms with Crippen LogP contribution in [0.3, 0.4) is 0 Å². The fourth-order valence-electron chi connectivity index (χ4n) is 2.15. The molecule has 0 fully saturated rings. The first-order valence-corrected chi connectivity index (χ1v) is 9.11. The Balaban J connectivity index is 1.94. The third-order valence-electron chi connectivity index (χ3n) is 3.46. The summed E-state index contributed by atoms with van der Waals surface area (Å²) in [4.78, 5) is 20.1. The third-order valence-corrected chi connectivity index (χ3v) is 5.10. The minimum absolute atomic E-state index is 0.127. The van der Waals surface area contributed by atoms with Gasteiger partial charge in [0.25, 0.3) is 0 Å². The van der Waals surface area contributed by atoms with E-state index >= 15 is 0 Å². The lowest BCUT2D eigenvalue weighted by molar-refractivity contribution is -0.117. The second-order valence-electron chi connectivity index (χ2n) is 4.88. The van der Waals surface area contributed by atoms with Gasteiger partial charge in [0.1, 0.15) is 0 Å². The molecule has 0 spiro atoms. The number of anilines is 1. The van der Waals surface area contributed by atoms with E-state index in [9.17, 15) is 4.79 Å². The van der Waals surface area contributed by atoms with Gasteiger partial charge in [-0.3, -0.25) is 9.69 Å². The molecule has 3 N–H and O–H groups in total. The quantitative estimate of drug-likeness (QED) is 0.833. The number of nitrogens with zero attached hydrogens (tertiary/aromatic N) is 2. The van der Waals surface area contributed by atoms with Crippen LogP contribution in [0.15, 0.2) is 0 Å². The van der Waals surface area contributed by atoms with Crippen LogP contribution >= 0.6 is 23.1 Å². The van der Waals surface area contributed by atoms with Gasteiger partial charge in [-0.1, -0.05) is 6.92 Å². The van der Waals surface area contributed by atoms with Gasteiger partial charge < -0.3 is 11.1 Å². The van der Waals surface area contributed by atoms with E-state index in [-0.39, 0.29) is 5.91 Å². The van der Waals surface area contributed by atoms with Crippen molar-refractivity contribution in [1.29, 1.82) is 0 Å². The number of nitrogens with two attached hydrogens (primary N) is 1. The maximum absolute atomic E-state index is 12.0. The van der Waals surface area contributed by atoms with Gasteiger partial charge in [0, 0.05) is 24.4 Å². The number of carbonyl (C=O) groups excluding carboxylic acids is 1. The number of amides is 1. The molecule has 1 atom stereocenters. The van der Waals surface area contributed by atoms with Gasteiger partial charge in [0.2, 0.25) is 5.91 Å². The van der Waals surface area contributed by atoms with Gasteiger partial charge in [-0.2, -0.15) is 11.8 Å². The molecule has 1 amide bonds. The van der Waals surface area contributed by atoms with Crippen LogP contribution in [0.1, 0.15) is 23.9 Å². The second-order valence-corrected chi connectivity index (χ2v) is 6.95. The normalized spacial score (nSPS) is 16.8. The molecule has 1 unspecified atom stereocenters. The van der Waals surface area contributed by atoms with Gasteiger partial charge in [0.15, 0.2) is 5.13 Å². The Morgan fingerprint density at radius 2 is 2.45 bits per heavy atom. The number of thiazole rings is 1. The lowest BCUT2D eigenvalue weighted by Gasteiger charge is -2.23. The Labute approximate surface area is 128 Å². The Morgan fingerprint density at radius 1 is 1.65 bits per heavy atom. The summed E-state index contributed by atoms with van der Waals surface area (Å²) in [6.07, 6.45) is 3.68. The maximum atomic E-state index is 12.0. The zero-order valence-corrected chi connectivity index (χ0v) is 13.6. The van der Waals surface area contributed by atoms with Crippen molar-refractivity contribution in [2.75, 3.05) is 30.4 Å². The summed E-state index contributed by atoms with van der Waals surface area (Å²) in [5.41, 5.74) is 6.99. The Kier molecular flexibility index (Phi) is 5.83. The highest BCUT2D eigenvalue weighted by molar-refractivity contribution is 7.98. The largest absolute Gasteiger partial charge is 0.320 e. The second kappa shape index (κ2) is 7.40. The molecule has 112 valence electrons. The lowest BCUT2D eigenvalue weighted by Crippen LogP contribution is -2.36. The first kappa shape index (κ1) is 15.8. The molecule has 2 heterocycles. The van der Waals surface area contributed by atoms with Crippen molar-refractivity contribution in [2.24, 2.45) is 5.73 Å². The highest BCUT2D eigenvalue weighted by Gasteiger charge is 2.21. The lowest BCUT2D eigenvalue weighted by atomic mass is 10.2. The highest BCUT2D eigenvalue weighted by Crippen LogP contribution is 2.28. The van der Waals surface area contributed by atoms with Crippen LogP contribution in [-0.2, 0) is 17.8 Å². The zero-order chi connectivity index (χ0) is 14.5. The van der Waals surface area contributed by atoms with E-state index in [0.29, 0.717) is 11.6 Å². The molecule has 1 aliphatic heterocycles. The van der Waals surface area contributed by atoms with Crippen LogP contribution in [0.25, 0.3) is 0 Å². The van der Waals surface area contributed by atoms with E-state index in [2.05, 4.69) is 22.1 Å². The standard InChI is InChI=1S/C13H22N4OS2/c1-3-17-6-4-10-11(8-17)20-13(15-10)16-12(18)9(14)5-7-19-2/h9H,3-8,14H2,1-2H3,(H,15,16,18). The van der Waals surface area contributed by atoms with E-state index in [1.807, 2.05) is 6.26 Å². The van der Waals surface area contributed by atoms with Gasteiger partial charge in [-0.25, -0.2) is 4.98 Å². The number of nitrogens with one attached hydrogen (secondary N) is 1. The molecule has 0 saturated heterocycles. The van der Waals surface area contributed by atoms with Crippen LogP contribution in [0.5, 0.6) is 0 Å². The Bertz CT molecular complexity index is 463. The van der Waals surface area contributed by atoms with Crippen LogP contribution in [0.2, 0.25) is 0 Å². The average molecular weight is 314 g/mol. The molecule has 1 aromatic heterocycles. The molecule has 0 aliphatic carbocycles. The van der Waals surface area contributed by atoms with Crippen LogP contribution in [0.4, 0.5) is 5.13 Å². The van der Waals surface area contributed by atoms with Crippen molar-refractivity contribution in [3.8, 4) is 0 Å². The number of likely N-dealkylation sites (N-methyl/N-ethyl adjacent to an activating group) is 1. The fraction of sp³-hybridized carbons (Fsp3) is 0.692. The molecule has 2 rings (SSSR count). The van der Waals surface area contributed by atoms with Crippen LogP contribution in [-0.4, -0.2) is 46.9 Å². The first-order chi connectivity index (χ1) is 9.63. The molecule has 5 nitrogen and oxygen atoms in total. The smallest absolute Gasteiger partial charge is 0.243 e. The summed E-state index contributed by atoms with van der Waals surface area (Å²) in [5.74, 6) is 0.770. The number of fused-ring (bicyclic) bond motifs is 1. The first-order valence-electron chi connectivity index (χ1n) is 6.90. The Hall–Kier alpha value is -0.630. The van der Waals surface area contributed by atoms with Crippen molar-refractivity contribution in [3.05, 3.63) is 10.6 Å². The molecule has 1 aliphatic rings. The van der Waals surface area contributed by atoms with E-state index in [0.717, 1.165) is 37.5 Å². The van der Waals surface area contributed by atoms with Crippen LogP contribution in [0, 0.1) is 0 Å². The molecule has 0 bridgehead atoms. The van der Waals surface area contributed by atoms with Gasteiger partial charge in [0.05, 0.1) is 11.7 Å². The molecular weight excluding hydrogens is 292 g/mol. The number of aromatic nitrogens is 1. The summed E-state index contributed by atoms with van der Waals surface area (Å²) >= 11 is 3.28. The number of hydrogen-bond acceptors (Lipinski definition) is 6. The summed E-state index contributed by atoms with van der Waals surface area (Å²) in [5, 5.41) is 3.55. The number of carbonyl (C=O) groups is 1. The van der Waals surface area contributed by atoms with Crippen molar-refractivity contribution in [3.63, 3.8) is 0 Å². The summed E-state index contributed by atoms with van der Waals surface area (Å²) in [6.45, 7) is 5.21. The van der Waals surface area contributed by atoms with E-state index in [1.54, 1.807) is 23.1 Å². The maximum Gasteiger partial charge on any atom is 0.243 e. The van der Waals surface area contributed by atoms with E-state index in [4.69, 9.17) is 5.73 Å². The van der Waals surface area contributed by atoms with Crippen molar-refractivity contribution >= 4 is 34.1 Å². The monoisotopic (exact) mass is 314 g/mol. The molecule has 0 saturated carbocycles. The predicted octanol–water partition coefficient (Wildman–Crippen LogP) is 1.54. The van der Waals surface area contributed by atoms with Crippen molar-refractivity contribution < 1.29 is 4.79 Å². The number of hydrogen-bond donors (Lipinski definition) is 2. The van der Waals surface area contributed by atoms with Gasteiger partial charge in [-0.15, -0.1) is 11.3 Å². The summed E-state index contributed by atoms with van der Waals surface area (Å²) in [6, 6.07) is -0.449. The van der Waals surface area contributed by atoms with Crippen molar-refractivity contribution in [1.82, 2.24) is 9.88 Å². The topological polar surface area (TPSA) is 71.2 Å². The van der Waals surface area contributed by atoms with E-state index in [1.165, 1.54) is 4.88 Å². The van der Waals surface area contributed by atoms with E-state index < -0.39 is 6.04 Å². The molecule has 0 radical (unpaired) electrons. The molecule has 1 aromatic rings. The highest BCUT2D eigenvalue weighted by atomic mass is 32.2. The third kappa shape index (κ3) is 3.94. The molecular formula is C13H22N4OS2. The fourth-order valence-corrected chi connectivity index (χ4v) is 3.69. The van der Waals surface area contributed by atoms with Gasteiger partial charge >= 0.3 is 0 Å². The minimum Gasteiger partial charge on any atom is -0.320 e. The number of thioether (sulfide) groups is 1. The molecule has 7 heteroatoms. The average Bonchev–Trinajstić information content (AvgIpc) is 2.85. The zero-order valence-electron chi connectivity index (χ0n) is 12.0.